The highest BCUT2D eigenvalue weighted by Gasteiger charge is 2.42. The molecule has 6 nitrogen and oxygen atoms in total. The number of aromatic nitrogens is 1. The van der Waals surface area contributed by atoms with Crippen molar-refractivity contribution in [3.63, 3.8) is 0 Å². The maximum Gasteiger partial charge on any atom is 0.309 e. The van der Waals surface area contributed by atoms with E-state index in [4.69, 9.17) is 4.74 Å². The number of thiazole rings is 1. The van der Waals surface area contributed by atoms with Gasteiger partial charge in [-0.1, -0.05) is 51.1 Å². The number of nitrogens with zero attached hydrogens (tertiary/aromatic N) is 1. The standard InChI is InChI=1S/C27H41NO5S2/c1-16-10-8-9-11-17(2)24(31)19(4)25(32)27(5,6)22(29)14-23(30)33-21(12-16)18(3)13-20-15-35-26(28-20)34-7/h10,13,15,17,19,21-22,24,29,31H,8-9,11-12,14H2,1-7H3/b16-10-,18-13+/t17-,19+,21?,22-,24-/m0/s1. The van der Waals surface area contributed by atoms with Crippen LogP contribution < -0.4 is 0 Å². The Bertz CT molecular complexity index is 936. The van der Waals surface area contributed by atoms with Crippen molar-refractivity contribution < 1.29 is 24.5 Å². The number of ether oxygens (including phenoxy) is 1. The molecule has 0 saturated heterocycles. The van der Waals surface area contributed by atoms with Crippen LogP contribution in [-0.2, 0) is 14.3 Å². The first-order valence-corrected chi connectivity index (χ1v) is 14.4. The van der Waals surface area contributed by atoms with E-state index in [1.807, 2.05) is 38.5 Å². The molecule has 8 heteroatoms. The minimum absolute atomic E-state index is 0.0457. The second-order valence-corrected chi connectivity index (χ2v) is 12.3. The van der Waals surface area contributed by atoms with Gasteiger partial charge in [-0.25, -0.2) is 4.98 Å². The van der Waals surface area contributed by atoms with E-state index >= 15 is 0 Å². The maximum atomic E-state index is 13.2. The third kappa shape index (κ3) is 8.27. The molecule has 0 bridgehead atoms. The van der Waals surface area contributed by atoms with Gasteiger partial charge in [0.05, 0.1) is 29.7 Å². The van der Waals surface area contributed by atoms with Gasteiger partial charge in [0.25, 0.3) is 0 Å². The molecular weight excluding hydrogens is 482 g/mol. The van der Waals surface area contributed by atoms with Gasteiger partial charge in [0, 0.05) is 17.7 Å². The first-order valence-electron chi connectivity index (χ1n) is 12.3. The van der Waals surface area contributed by atoms with Crippen LogP contribution in [0.2, 0.25) is 0 Å². The molecule has 1 aromatic heterocycles. The fraction of sp³-hybridized carbons (Fsp3) is 0.667. The fourth-order valence-electron chi connectivity index (χ4n) is 4.40. The summed E-state index contributed by atoms with van der Waals surface area (Å²) in [7, 11) is 0. The van der Waals surface area contributed by atoms with Crippen LogP contribution >= 0.6 is 23.1 Å². The predicted molar refractivity (Wildman–Crippen MR) is 143 cm³/mol. The minimum atomic E-state index is -1.22. The summed E-state index contributed by atoms with van der Waals surface area (Å²) in [6.45, 7) is 10.9. The zero-order valence-electron chi connectivity index (χ0n) is 22.0. The van der Waals surface area contributed by atoms with Crippen LogP contribution in [0.5, 0.6) is 0 Å². The Morgan fingerprint density at radius 3 is 2.57 bits per heavy atom. The van der Waals surface area contributed by atoms with E-state index in [9.17, 15) is 19.8 Å². The molecule has 35 heavy (non-hydrogen) atoms. The maximum absolute atomic E-state index is 13.2. The molecule has 196 valence electrons. The first kappa shape index (κ1) is 29.7. The van der Waals surface area contributed by atoms with Crippen molar-refractivity contribution in [1.29, 1.82) is 0 Å². The van der Waals surface area contributed by atoms with E-state index in [0.717, 1.165) is 40.4 Å². The number of carbonyl (C=O) groups is 2. The number of esters is 1. The second kappa shape index (κ2) is 13.2. The number of aliphatic hydroxyl groups is 2. The number of thioether (sulfide) groups is 1. The lowest BCUT2D eigenvalue weighted by atomic mass is 9.73. The third-order valence-electron chi connectivity index (χ3n) is 7.03. The number of carbonyl (C=O) groups excluding carboxylic acids is 2. The molecule has 1 aliphatic rings. The highest BCUT2D eigenvalue weighted by molar-refractivity contribution is 8.00. The molecule has 1 unspecified atom stereocenters. The van der Waals surface area contributed by atoms with Crippen molar-refractivity contribution in [1.82, 2.24) is 4.98 Å². The highest BCUT2D eigenvalue weighted by Crippen LogP contribution is 2.32. The van der Waals surface area contributed by atoms with Crippen LogP contribution in [0.4, 0.5) is 0 Å². The van der Waals surface area contributed by atoms with Crippen molar-refractivity contribution in [3.8, 4) is 0 Å². The Labute approximate surface area is 218 Å². The van der Waals surface area contributed by atoms with Crippen LogP contribution in [0.15, 0.2) is 26.9 Å². The normalized spacial score (nSPS) is 31.5. The van der Waals surface area contributed by atoms with Crippen LogP contribution in [0.1, 0.15) is 79.3 Å². The van der Waals surface area contributed by atoms with Gasteiger partial charge in [0.2, 0.25) is 0 Å². The predicted octanol–water partition coefficient (Wildman–Crippen LogP) is 5.68. The molecule has 0 radical (unpaired) electrons. The van der Waals surface area contributed by atoms with E-state index in [2.05, 4.69) is 11.1 Å². The minimum Gasteiger partial charge on any atom is -0.457 e. The molecule has 0 spiro atoms. The summed E-state index contributed by atoms with van der Waals surface area (Å²) >= 11 is 3.16. The summed E-state index contributed by atoms with van der Waals surface area (Å²) in [5.74, 6) is -1.49. The molecule has 2 heterocycles. The Kier molecular flexibility index (Phi) is 11.2. The zero-order valence-corrected chi connectivity index (χ0v) is 23.7. The number of cyclic esters (lactones) is 1. The van der Waals surface area contributed by atoms with Gasteiger partial charge < -0.3 is 14.9 Å². The molecular formula is C27H41NO5S2. The van der Waals surface area contributed by atoms with Crippen LogP contribution in [0.25, 0.3) is 6.08 Å². The Balaban J connectivity index is 2.33. The fourth-order valence-corrected chi connectivity index (χ4v) is 5.63. The summed E-state index contributed by atoms with van der Waals surface area (Å²) < 4.78 is 6.83. The van der Waals surface area contributed by atoms with Gasteiger partial charge >= 0.3 is 5.97 Å². The molecule has 1 aromatic rings. The summed E-state index contributed by atoms with van der Waals surface area (Å²) in [6.07, 6.45) is 6.35. The molecule has 2 N–H and O–H groups in total. The third-order valence-corrected chi connectivity index (χ3v) is 8.91. The number of allylic oxidation sites excluding steroid dienone is 1. The Morgan fingerprint density at radius 2 is 1.94 bits per heavy atom. The molecule has 0 fully saturated rings. The monoisotopic (exact) mass is 523 g/mol. The highest BCUT2D eigenvalue weighted by atomic mass is 32.2. The van der Waals surface area contributed by atoms with Gasteiger partial charge in [-0.15, -0.1) is 11.3 Å². The van der Waals surface area contributed by atoms with Gasteiger partial charge in [-0.2, -0.15) is 0 Å². The van der Waals surface area contributed by atoms with Crippen molar-refractivity contribution in [3.05, 3.63) is 28.3 Å². The Morgan fingerprint density at radius 1 is 1.26 bits per heavy atom. The van der Waals surface area contributed by atoms with E-state index in [-0.39, 0.29) is 18.1 Å². The van der Waals surface area contributed by atoms with Crippen LogP contribution in [0, 0.1) is 17.3 Å². The molecule has 1 aliphatic heterocycles. The largest absolute Gasteiger partial charge is 0.457 e. The number of aliphatic hydroxyl groups excluding tert-OH is 2. The van der Waals surface area contributed by atoms with E-state index in [0.29, 0.717) is 6.42 Å². The summed E-state index contributed by atoms with van der Waals surface area (Å²) in [5.41, 5.74) is 1.62. The number of rotatable bonds is 3. The van der Waals surface area contributed by atoms with Gasteiger partial charge in [-0.05, 0) is 56.9 Å². The van der Waals surface area contributed by atoms with Gasteiger partial charge in [0.15, 0.2) is 0 Å². The van der Waals surface area contributed by atoms with Crippen molar-refractivity contribution >= 4 is 40.9 Å². The molecule has 0 saturated carbocycles. The lowest BCUT2D eigenvalue weighted by Crippen LogP contribution is -2.45. The van der Waals surface area contributed by atoms with Gasteiger partial charge in [-0.3, -0.25) is 9.59 Å². The summed E-state index contributed by atoms with van der Waals surface area (Å²) in [4.78, 5) is 30.6. The van der Waals surface area contributed by atoms with Crippen LogP contribution in [-0.4, -0.2) is 51.5 Å². The van der Waals surface area contributed by atoms with Gasteiger partial charge in [0.1, 0.15) is 16.2 Å². The average molecular weight is 524 g/mol. The molecule has 0 amide bonds. The zero-order chi connectivity index (χ0) is 26.3. The molecule has 0 aliphatic carbocycles. The SMILES string of the molecule is CSc1nc(/C=C(\C)C2C/C(C)=C\CCC[C@H](C)[C@H](O)[C@@H](C)C(=O)C(C)(C)[C@@H](O)CC(=O)O2)cs1. The lowest BCUT2D eigenvalue weighted by molar-refractivity contribution is -0.154. The lowest BCUT2D eigenvalue weighted by Gasteiger charge is -2.34. The smallest absolute Gasteiger partial charge is 0.309 e. The van der Waals surface area contributed by atoms with Crippen LogP contribution in [0.3, 0.4) is 0 Å². The number of Topliss-reactive ketones (excluding diaryl/α,β-unsaturated/α-hetero) is 1. The van der Waals surface area contributed by atoms with Crippen molar-refractivity contribution in [2.75, 3.05) is 6.26 Å². The number of ketones is 1. The first-order chi connectivity index (χ1) is 16.4. The number of hydrogen-bond acceptors (Lipinski definition) is 8. The van der Waals surface area contributed by atoms with E-state index in [1.54, 1.807) is 43.9 Å². The quantitative estimate of drug-likeness (QED) is 0.299. The molecule has 2 rings (SSSR count). The topological polar surface area (TPSA) is 96.7 Å². The van der Waals surface area contributed by atoms with Crippen molar-refractivity contribution in [2.45, 2.75) is 96.3 Å². The molecule has 0 aromatic carbocycles. The van der Waals surface area contributed by atoms with E-state index in [1.165, 1.54) is 0 Å². The second-order valence-electron chi connectivity index (χ2n) is 10.4. The molecule has 5 atom stereocenters. The summed E-state index contributed by atoms with van der Waals surface area (Å²) in [5, 5.41) is 23.6. The van der Waals surface area contributed by atoms with Crippen molar-refractivity contribution in [2.24, 2.45) is 17.3 Å². The number of hydrogen-bond donors (Lipinski definition) is 2. The average Bonchev–Trinajstić information content (AvgIpc) is 3.26. The Hall–Kier alpha value is -1.48. The van der Waals surface area contributed by atoms with E-state index < -0.39 is 35.6 Å². The summed E-state index contributed by atoms with van der Waals surface area (Å²) in [6, 6.07) is 0.